The van der Waals surface area contributed by atoms with Crippen LogP contribution in [0.2, 0.25) is 0 Å². The van der Waals surface area contributed by atoms with Crippen molar-refractivity contribution >= 4 is 39.3 Å². The van der Waals surface area contributed by atoms with Gasteiger partial charge in [-0.15, -0.1) is 0 Å². The number of hydrogen-bond donors (Lipinski definition) is 3. The number of alkyl halides is 3. The molecule has 2 aromatic rings. The Morgan fingerprint density at radius 1 is 1.05 bits per heavy atom. The third kappa shape index (κ3) is 8.88. The van der Waals surface area contributed by atoms with Crippen molar-refractivity contribution in [2.24, 2.45) is 5.92 Å². The first-order chi connectivity index (χ1) is 19.2. The number of anilines is 2. The highest BCUT2D eigenvalue weighted by atomic mass is 32.2. The maximum absolute atomic E-state index is 12.8. The minimum Gasteiger partial charge on any atom is -0.478 e. The van der Waals surface area contributed by atoms with Crippen LogP contribution in [-0.2, 0) is 14.8 Å². The van der Waals surface area contributed by atoms with E-state index in [0.717, 1.165) is 45.6 Å². The lowest BCUT2D eigenvalue weighted by Gasteiger charge is -2.36. The Labute approximate surface area is 235 Å². The van der Waals surface area contributed by atoms with E-state index in [1.54, 1.807) is 0 Å². The van der Waals surface area contributed by atoms with Gasteiger partial charge in [-0.1, -0.05) is 12.1 Å². The summed E-state index contributed by atoms with van der Waals surface area (Å²) in [6.45, 7) is 6.12. The molecule has 1 aromatic carbocycles. The van der Waals surface area contributed by atoms with Crippen LogP contribution >= 0.6 is 0 Å². The van der Waals surface area contributed by atoms with E-state index in [4.69, 9.17) is 9.90 Å². The number of benzene rings is 1. The highest BCUT2D eigenvalue weighted by molar-refractivity contribution is 7.92. The summed E-state index contributed by atoms with van der Waals surface area (Å²) >= 11 is 0. The molecule has 15 heteroatoms. The Hall–Kier alpha value is -3.72. The van der Waals surface area contributed by atoms with Gasteiger partial charge in [0, 0.05) is 25.2 Å². The Morgan fingerprint density at radius 3 is 2.20 bits per heavy atom. The largest absolute Gasteiger partial charge is 0.490 e. The van der Waals surface area contributed by atoms with E-state index in [9.17, 15) is 36.3 Å². The molecule has 3 N–H and O–H groups in total. The van der Waals surface area contributed by atoms with Crippen molar-refractivity contribution in [1.82, 2.24) is 9.88 Å². The summed E-state index contributed by atoms with van der Waals surface area (Å²) in [5.74, 6) is -3.26. The third-order valence-electron chi connectivity index (χ3n) is 6.70. The fourth-order valence-electron chi connectivity index (χ4n) is 4.74. The Balaban J connectivity index is 0.000000587. The number of carbonyl (C=O) groups is 3. The predicted molar refractivity (Wildman–Crippen MR) is 143 cm³/mol. The monoisotopic (exact) mass is 600 g/mol. The van der Waals surface area contributed by atoms with E-state index in [2.05, 4.69) is 14.6 Å². The molecule has 2 fully saturated rings. The van der Waals surface area contributed by atoms with Gasteiger partial charge in [0.15, 0.2) is 5.78 Å². The molecular weight excluding hydrogens is 569 g/mol. The summed E-state index contributed by atoms with van der Waals surface area (Å²) in [6.07, 6.45) is 0.811. The summed E-state index contributed by atoms with van der Waals surface area (Å²) in [4.78, 5) is 41.2. The number of likely N-dealkylation sites (tertiary alicyclic amines) is 1. The molecule has 224 valence electrons. The van der Waals surface area contributed by atoms with Crippen LogP contribution in [0, 0.1) is 5.92 Å². The number of nitrogens with zero attached hydrogens (tertiary/aromatic N) is 3. The molecule has 3 heterocycles. The van der Waals surface area contributed by atoms with Crippen molar-refractivity contribution in [2.45, 2.75) is 43.7 Å². The van der Waals surface area contributed by atoms with Gasteiger partial charge in [0.25, 0.3) is 10.0 Å². The van der Waals surface area contributed by atoms with Gasteiger partial charge in [-0.3, -0.25) is 9.52 Å². The molecule has 1 unspecified atom stereocenters. The lowest BCUT2D eigenvalue weighted by Crippen LogP contribution is -2.41. The summed E-state index contributed by atoms with van der Waals surface area (Å²) in [7, 11) is -3.97. The Morgan fingerprint density at radius 2 is 1.66 bits per heavy atom. The number of carboxylic acid groups (broad SMARTS) is 2. The number of aromatic carboxylic acids is 1. The number of halogens is 3. The summed E-state index contributed by atoms with van der Waals surface area (Å²) < 4.78 is 59.7. The average molecular weight is 601 g/mol. The summed E-state index contributed by atoms with van der Waals surface area (Å²) in [5, 5.41) is 17.0. The topological polar surface area (TPSA) is 157 Å². The molecule has 0 saturated carbocycles. The second-order valence-electron chi connectivity index (χ2n) is 9.85. The number of rotatable bonds is 8. The molecule has 1 aromatic heterocycles. The van der Waals surface area contributed by atoms with Crippen molar-refractivity contribution in [3.05, 3.63) is 47.7 Å². The van der Waals surface area contributed by atoms with Crippen molar-refractivity contribution in [3.63, 3.8) is 0 Å². The van der Waals surface area contributed by atoms with Crippen LogP contribution in [0.25, 0.3) is 0 Å². The normalized spacial score (nSPS) is 17.9. The number of nitrogens with one attached hydrogen (secondary N) is 1. The van der Waals surface area contributed by atoms with Crippen molar-refractivity contribution < 1.29 is 46.2 Å². The number of Topliss-reactive ketones (excluding diaryl/α,β-unsaturated/α-hetero) is 1. The predicted octanol–water partition coefficient (Wildman–Crippen LogP) is 3.73. The van der Waals surface area contributed by atoms with Crippen molar-refractivity contribution in [3.8, 4) is 0 Å². The fraction of sp³-hybridized carbons (Fsp3) is 0.462. The standard InChI is InChI=1S/C24H30N4O5S.C2HF3O2/c1-17(29)19-6-8-21(9-7-19)34(32,33)26-20-13-22(24(30)31)23(25-14-20)28-12-4-5-18(16-28)15-27-10-2-3-11-27;3-2(4,5)1(6)7/h6-9,13-14,18,26H,2-5,10-12,15-16H2,1H3,(H,30,31);(H,6,7). The van der Waals surface area contributed by atoms with Crippen molar-refractivity contribution in [1.29, 1.82) is 0 Å². The number of hydrogen-bond acceptors (Lipinski definition) is 8. The maximum atomic E-state index is 12.8. The molecule has 11 nitrogen and oxygen atoms in total. The van der Waals surface area contributed by atoms with Crippen LogP contribution in [0.4, 0.5) is 24.7 Å². The van der Waals surface area contributed by atoms with Gasteiger partial charge in [0.1, 0.15) is 11.4 Å². The first-order valence-corrected chi connectivity index (χ1v) is 14.3. The van der Waals surface area contributed by atoms with E-state index >= 15 is 0 Å². The quantitative estimate of drug-likeness (QED) is 0.382. The smallest absolute Gasteiger partial charge is 0.478 e. The zero-order valence-electron chi connectivity index (χ0n) is 22.2. The average Bonchev–Trinajstić information content (AvgIpc) is 3.41. The highest BCUT2D eigenvalue weighted by Gasteiger charge is 2.38. The van der Waals surface area contributed by atoms with Crippen LogP contribution in [0.3, 0.4) is 0 Å². The van der Waals surface area contributed by atoms with Gasteiger partial charge >= 0.3 is 18.1 Å². The van der Waals surface area contributed by atoms with Crippen LogP contribution in [0.5, 0.6) is 0 Å². The molecule has 4 rings (SSSR count). The number of aromatic nitrogens is 1. The number of carboxylic acids is 2. The zero-order chi connectivity index (χ0) is 30.4. The molecule has 0 aliphatic carbocycles. The number of pyridine rings is 1. The summed E-state index contributed by atoms with van der Waals surface area (Å²) in [6, 6.07) is 6.88. The second kappa shape index (κ2) is 13.3. The van der Waals surface area contributed by atoms with Gasteiger partial charge in [0.05, 0.1) is 16.8 Å². The molecule has 0 amide bonds. The van der Waals surface area contributed by atoms with Crippen LogP contribution in [0.15, 0.2) is 41.4 Å². The minimum absolute atomic E-state index is 0.0285. The minimum atomic E-state index is -5.08. The molecule has 0 radical (unpaired) electrons. The number of piperidine rings is 1. The molecule has 2 saturated heterocycles. The van der Waals surface area contributed by atoms with E-state index in [0.29, 0.717) is 17.3 Å². The van der Waals surface area contributed by atoms with Gasteiger partial charge in [-0.05, 0) is 69.8 Å². The third-order valence-corrected chi connectivity index (χ3v) is 8.09. The van der Waals surface area contributed by atoms with Gasteiger partial charge in [0.2, 0.25) is 0 Å². The molecule has 2 aliphatic heterocycles. The van der Waals surface area contributed by atoms with Crippen LogP contribution in [-0.4, -0.2) is 85.1 Å². The van der Waals surface area contributed by atoms with E-state index in [1.807, 2.05) is 4.90 Å². The van der Waals surface area contributed by atoms with Gasteiger partial charge in [-0.25, -0.2) is 23.0 Å². The lowest BCUT2D eigenvalue weighted by molar-refractivity contribution is -0.192. The SMILES string of the molecule is CC(=O)c1ccc(S(=O)(=O)Nc2cnc(N3CCCC(CN4CCCC4)C3)c(C(=O)O)c2)cc1.O=C(O)C(F)(F)F. The summed E-state index contributed by atoms with van der Waals surface area (Å²) in [5.41, 5.74) is 0.444. The Bertz CT molecular complexity index is 1360. The first kappa shape index (κ1) is 31.8. The molecular formula is C26H31F3N4O7S. The van der Waals surface area contributed by atoms with Crippen LogP contribution in [0.1, 0.15) is 53.3 Å². The highest BCUT2D eigenvalue weighted by Crippen LogP contribution is 2.28. The van der Waals surface area contributed by atoms with E-state index in [1.165, 1.54) is 56.3 Å². The number of carbonyl (C=O) groups excluding carboxylic acids is 1. The lowest BCUT2D eigenvalue weighted by atomic mass is 9.97. The maximum Gasteiger partial charge on any atom is 0.490 e. The zero-order valence-corrected chi connectivity index (χ0v) is 23.0. The molecule has 0 bridgehead atoms. The van der Waals surface area contributed by atoms with E-state index in [-0.39, 0.29) is 21.9 Å². The molecule has 1 atom stereocenters. The van der Waals surface area contributed by atoms with Gasteiger partial charge in [-0.2, -0.15) is 13.2 Å². The number of aliphatic carboxylic acids is 1. The number of ketones is 1. The van der Waals surface area contributed by atoms with E-state index < -0.39 is 28.1 Å². The molecule has 0 spiro atoms. The molecule has 41 heavy (non-hydrogen) atoms. The number of sulfonamides is 1. The Kier molecular flexibility index (Phi) is 10.3. The first-order valence-electron chi connectivity index (χ1n) is 12.8. The van der Waals surface area contributed by atoms with Crippen LogP contribution < -0.4 is 9.62 Å². The fourth-order valence-corrected chi connectivity index (χ4v) is 5.78. The van der Waals surface area contributed by atoms with Gasteiger partial charge < -0.3 is 20.0 Å². The van der Waals surface area contributed by atoms with Crippen molar-refractivity contribution in [2.75, 3.05) is 42.3 Å². The molecule has 2 aliphatic rings. The second-order valence-corrected chi connectivity index (χ2v) is 11.5.